The number of carbonyl (C=O) groups is 2. The van der Waals surface area contributed by atoms with Gasteiger partial charge in [0.05, 0.1) is 6.42 Å². The van der Waals surface area contributed by atoms with Crippen LogP contribution < -0.4 is 5.32 Å². The van der Waals surface area contributed by atoms with Crippen molar-refractivity contribution >= 4 is 22.8 Å². The molecule has 122 valence electrons. The fourth-order valence-electron chi connectivity index (χ4n) is 3.11. The fraction of sp³-hybridized carbons (Fsp3) is 0.412. The highest BCUT2D eigenvalue weighted by molar-refractivity contribution is 5.92. The van der Waals surface area contributed by atoms with Crippen LogP contribution in [0.2, 0.25) is 0 Å². The maximum atomic E-state index is 12.4. The van der Waals surface area contributed by atoms with Crippen molar-refractivity contribution in [3.8, 4) is 0 Å². The number of aromatic amines is 1. The molecule has 23 heavy (non-hydrogen) atoms. The van der Waals surface area contributed by atoms with E-state index in [1.165, 1.54) is 0 Å². The Morgan fingerprint density at radius 2 is 2.09 bits per heavy atom. The molecule has 6 heteroatoms. The van der Waals surface area contributed by atoms with Gasteiger partial charge < -0.3 is 20.1 Å². The minimum Gasteiger partial charge on any atom is -0.480 e. The Balaban J connectivity index is 1.78. The van der Waals surface area contributed by atoms with Gasteiger partial charge in [-0.25, -0.2) is 4.79 Å². The van der Waals surface area contributed by atoms with Crippen molar-refractivity contribution in [3.05, 3.63) is 35.5 Å². The van der Waals surface area contributed by atoms with Crippen LogP contribution in [0.1, 0.15) is 24.0 Å². The van der Waals surface area contributed by atoms with E-state index in [9.17, 15) is 14.7 Å². The first-order valence-electron chi connectivity index (χ1n) is 7.69. The number of aryl methyl sites for hydroxylation is 1. The molecular weight excluding hydrogens is 296 g/mol. The van der Waals surface area contributed by atoms with E-state index in [0.29, 0.717) is 26.1 Å². The Kier molecular flexibility index (Phi) is 4.09. The molecule has 1 amide bonds. The summed E-state index contributed by atoms with van der Waals surface area (Å²) in [5.74, 6) is -1.28. The lowest BCUT2D eigenvalue weighted by Gasteiger charge is -2.33. The quantitative estimate of drug-likeness (QED) is 0.801. The zero-order valence-corrected chi connectivity index (χ0v) is 13.0. The lowest BCUT2D eigenvalue weighted by atomic mass is 9.89. The van der Waals surface area contributed by atoms with Crippen LogP contribution in [0.15, 0.2) is 24.4 Å². The van der Waals surface area contributed by atoms with Gasteiger partial charge in [0, 0.05) is 43.2 Å². The molecular formula is C17H20N2O4. The van der Waals surface area contributed by atoms with Gasteiger partial charge in [0.15, 0.2) is 0 Å². The lowest BCUT2D eigenvalue weighted by Crippen LogP contribution is -2.57. The largest absolute Gasteiger partial charge is 0.480 e. The first-order chi connectivity index (χ1) is 11.0. The zero-order chi connectivity index (χ0) is 16.4. The number of para-hydroxylation sites is 1. The maximum Gasteiger partial charge on any atom is 0.329 e. The summed E-state index contributed by atoms with van der Waals surface area (Å²) in [5, 5.41) is 13.2. The highest BCUT2D eigenvalue weighted by Gasteiger charge is 2.41. The Labute approximate surface area is 133 Å². The zero-order valence-electron chi connectivity index (χ0n) is 13.0. The molecule has 0 atom stereocenters. The molecule has 1 saturated heterocycles. The Bertz CT molecular complexity index is 744. The van der Waals surface area contributed by atoms with Crippen LogP contribution in [0.3, 0.4) is 0 Å². The van der Waals surface area contributed by atoms with E-state index in [1.54, 1.807) is 0 Å². The Morgan fingerprint density at radius 3 is 2.78 bits per heavy atom. The number of hydrogen-bond donors (Lipinski definition) is 3. The number of H-pyrrole nitrogens is 1. The van der Waals surface area contributed by atoms with E-state index in [4.69, 9.17) is 4.74 Å². The van der Waals surface area contributed by atoms with Crippen molar-refractivity contribution in [2.45, 2.75) is 31.7 Å². The second-order valence-electron chi connectivity index (χ2n) is 6.04. The van der Waals surface area contributed by atoms with E-state index in [2.05, 4.69) is 10.3 Å². The molecule has 0 bridgehead atoms. The van der Waals surface area contributed by atoms with Crippen LogP contribution in [0.5, 0.6) is 0 Å². The van der Waals surface area contributed by atoms with Crippen molar-refractivity contribution in [1.29, 1.82) is 0 Å². The molecule has 2 aromatic rings. The number of carboxylic acid groups (broad SMARTS) is 1. The number of ether oxygens (including phenoxy) is 1. The minimum atomic E-state index is -1.21. The molecule has 0 aliphatic carbocycles. The summed E-state index contributed by atoms with van der Waals surface area (Å²) < 4.78 is 5.21. The van der Waals surface area contributed by atoms with Crippen LogP contribution >= 0.6 is 0 Å². The third-order valence-electron chi connectivity index (χ3n) is 4.49. The van der Waals surface area contributed by atoms with Gasteiger partial charge in [-0.1, -0.05) is 18.2 Å². The number of aliphatic carboxylic acids is 1. The normalized spacial score (nSPS) is 17.1. The molecule has 1 fully saturated rings. The van der Waals surface area contributed by atoms with Crippen LogP contribution in [-0.4, -0.2) is 40.7 Å². The third kappa shape index (κ3) is 2.94. The van der Waals surface area contributed by atoms with E-state index >= 15 is 0 Å². The molecule has 0 saturated carbocycles. The van der Waals surface area contributed by atoms with Crippen molar-refractivity contribution in [2.24, 2.45) is 0 Å². The minimum absolute atomic E-state index is 0.152. The van der Waals surface area contributed by atoms with Gasteiger partial charge in [-0.05, 0) is 18.1 Å². The van der Waals surface area contributed by atoms with Gasteiger partial charge in [-0.2, -0.15) is 0 Å². The van der Waals surface area contributed by atoms with E-state index in [1.807, 2.05) is 31.3 Å². The summed E-state index contributed by atoms with van der Waals surface area (Å²) in [4.78, 5) is 27.2. The van der Waals surface area contributed by atoms with Crippen LogP contribution in [0.4, 0.5) is 0 Å². The summed E-state index contributed by atoms with van der Waals surface area (Å²) in [6.45, 7) is 2.70. The van der Waals surface area contributed by atoms with E-state index in [0.717, 1.165) is 22.0 Å². The molecule has 6 nitrogen and oxygen atoms in total. The average Bonchev–Trinajstić information content (AvgIpc) is 2.92. The summed E-state index contributed by atoms with van der Waals surface area (Å²) in [7, 11) is 0. The number of rotatable bonds is 4. The molecule has 1 aromatic heterocycles. The third-order valence-corrected chi connectivity index (χ3v) is 4.49. The molecule has 0 spiro atoms. The summed E-state index contributed by atoms with van der Waals surface area (Å²) in [5.41, 5.74) is 1.78. The number of benzene rings is 1. The number of carbonyl (C=O) groups excluding carboxylic acids is 1. The van der Waals surface area contributed by atoms with Gasteiger partial charge in [0.2, 0.25) is 5.91 Å². The smallest absolute Gasteiger partial charge is 0.329 e. The average molecular weight is 316 g/mol. The van der Waals surface area contributed by atoms with Gasteiger partial charge in [-0.3, -0.25) is 4.79 Å². The number of nitrogens with one attached hydrogen (secondary N) is 2. The van der Waals surface area contributed by atoms with Crippen molar-refractivity contribution < 1.29 is 19.4 Å². The standard InChI is InChI=1S/C17H20N2O4/c1-11-3-2-4-13-12(10-18-15(11)13)9-14(20)19-17(16(21)22)5-7-23-8-6-17/h2-4,10,18H,5-9H2,1H3,(H,19,20)(H,21,22). The molecule has 1 aliphatic rings. The molecule has 0 radical (unpaired) electrons. The Hall–Kier alpha value is -2.34. The van der Waals surface area contributed by atoms with E-state index in [-0.39, 0.29) is 12.3 Å². The SMILES string of the molecule is Cc1cccc2c(CC(=O)NC3(C(=O)O)CCOCC3)c[nH]c12. The number of amides is 1. The second-order valence-corrected chi connectivity index (χ2v) is 6.04. The van der Waals surface area contributed by atoms with Crippen LogP contribution in [-0.2, 0) is 20.7 Å². The molecule has 3 N–H and O–H groups in total. The molecule has 1 aromatic carbocycles. The highest BCUT2D eigenvalue weighted by Crippen LogP contribution is 2.24. The number of fused-ring (bicyclic) bond motifs is 1. The first-order valence-corrected chi connectivity index (χ1v) is 7.69. The van der Waals surface area contributed by atoms with Gasteiger partial charge in [0.25, 0.3) is 0 Å². The monoisotopic (exact) mass is 316 g/mol. The summed E-state index contributed by atoms with van der Waals surface area (Å²) in [6, 6.07) is 5.91. The molecule has 2 heterocycles. The Morgan fingerprint density at radius 1 is 1.35 bits per heavy atom. The molecule has 3 rings (SSSR count). The van der Waals surface area contributed by atoms with Crippen molar-refractivity contribution in [1.82, 2.24) is 10.3 Å². The van der Waals surface area contributed by atoms with E-state index < -0.39 is 11.5 Å². The van der Waals surface area contributed by atoms with Crippen LogP contribution in [0, 0.1) is 6.92 Å². The van der Waals surface area contributed by atoms with Gasteiger partial charge in [0.1, 0.15) is 5.54 Å². The van der Waals surface area contributed by atoms with Gasteiger partial charge in [-0.15, -0.1) is 0 Å². The predicted octanol–water partition coefficient (Wildman–Crippen LogP) is 1.77. The number of aromatic nitrogens is 1. The van der Waals surface area contributed by atoms with Crippen molar-refractivity contribution in [2.75, 3.05) is 13.2 Å². The maximum absolute atomic E-state index is 12.4. The van der Waals surface area contributed by atoms with Crippen LogP contribution in [0.25, 0.3) is 10.9 Å². The number of carboxylic acids is 1. The molecule has 0 unspecified atom stereocenters. The molecule has 1 aliphatic heterocycles. The lowest BCUT2D eigenvalue weighted by molar-refractivity contribution is -0.152. The van der Waals surface area contributed by atoms with Gasteiger partial charge >= 0.3 is 5.97 Å². The first kappa shape index (κ1) is 15.6. The summed E-state index contributed by atoms with van der Waals surface area (Å²) >= 11 is 0. The topological polar surface area (TPSA) is 91.4 Å². The second kappa shape index (κ2) is 6.04. The fourth-order valence-corrected chi connectivity index (χ4v) is 3.11. The van der Waals surface area contributed by atoms with Crippen molar-refractivity contribution in [3.63, 3.8) is 0 Å². The highest BCUT2D eigenvalue weighted by atomic mass is 16.5. The number of hydrogen-bond acceptors (Lipinski definition) is 3. The summed E-state index contributed by atoms with van der Waals surface area (Å²) in [6.07, 6.45) is 2.55. The predicted molar refractivity (Wildman–Crippen MR) is 85.3 cm³/mol.